The molecule has 1 saturated heterocycles. The number of hydrogen-bond acceptors (Lipinski definition) is 6. The van der Waals surface area contributed by atoms with Gasteiger partial charge in [-0.05, 0) is 61.1 Å². The number of methoxy groups -OCH3 is 3. The van der Waals surface area contributed by atoms with Crippen molar-refractivity contribution in [2.75, 3.05) is 26.2 Å². The third-order valence-corrected chi connectivity index (χ3v) is 5.09. The molecule has 1 heterocycles. The molecule has 1 fully saturated rings. The molecule has 0 saturated carbocycles. The van der Waals surface area contributed by atoms with Crippen LogP contribution >= 0.6 is 23.8 Å². The van der Waals surface area contributed by atoms with E-state index in [0.717, 1.165) is 5.56 Å². The van der Waals surface area contributed by atoms with E-state index in [-0.39, 0.29) is 10.7 Å². The standard InChI is InChI=1S/C21H19ClN2O5S/c1-11-9-16(27-2)18(29-4)17(28-3)14(11)10-15-19(25)23-21(30)24(20(15)26)13-7-5-12(22)6-8-13/h5-10H,1-4H3,(H,23,25,30). The van der Waals surface area contributed by atoms with Gasteiger partial charge in [0.15, 0.2) is 16.6 Å². The summed E-state index contributed by atoms with van der Waals surface area (Å²) >= 11 is 11.1. The van der Waals surface area contributed by atoms with Crippen LogP contribution < -0.4 is 24.4 Å². The van der Waals surface area contributed by atoms with Crippen molar-refractivity contribution in [1.82, 2.24) is 5.32 Å². The Morgan fingerprint density at radius 1 is 1.03 bits per heavy atom. The summed E-state index contributed by atoms with van der Waals surface area (Å²) in [6, 6.07) is 8.29. The Morgan fingerprint density at radius 2 is 1.67 bits per heavy atom. The molecular weight excluding hydrogens is 428 g/mol. The fourth-order valence-corrected chi connectivity index (χ4v) is 3.51. The first-order valence-corrected chi connectivity index (χ1v) is 9.57. The highest BCUT2D eigenvalue weighted by molar-refractivity contribution is 7.80. The van der Waals surface area contributed by atoms with Crippen LogP contribution in [0.4, 0.5) is 5.69 Å². The number of carbonyl (C=O) groups is 2. The second-order valence-corrected chi connectivity index (χ2v) is 7.13. The summed E-state index contributed by atoms with van der Waals surface area (Å²) in [6.45, 7) is 1.81. The number of carbonyl (C=O) groups excluding carboxylic acids is 2. The number of nitrogens with zero attached hydrogens (tertiary/aromatic N) is 1. The van der Waals surface area contributed by atoms with E-state index in [2.05, 4.69) is 5.32 Å². The van der Waals surface area contributed by atoms with Crippen molar-refractivity contribution in [2.45, 2.75) is 6.92 Å². The molecule has 30 heavy (non-hydrogen) atoms. The number of ether oxygens (including phenoxy) is 3. The van der Waals surface area contributed by atoms with Gasteiger partial charge in [0.1, 0.15) is 5.57 Å². The monoisotopic (exact) mass is 446 g/mol. The zero-order valence-electron chi connectivity index (χ0n) is 16.7. The predicted molar refractivity (Wildman–Crippen MR) is 118 cm³/mol. The molecule has 1 aliphatic heterocycles. The van der Waals surface area contributed by atoms with Crippen LogP contribution in [0.5, 0.6) is 17.2 Å². The number of amides is 2. The van der Waals surface area contributed by atoms with Gasteiger partial charge >= 0.3 is 0 Å². The Kier molecular flexibility index (Phi) is 6.28. The molecule has 7 nitrogen and oxygen atoms in total. The first kappa shape index (κ1) is 21.6. The Balaban J connectivity index is 2.14. The number of nitrogens with one attached hydrogen (secondary N) is 1. The molecule has 3 rings (SSSR count). The van der Waals surface area contributed by atoms with Gasteiger partial charge < -0.3 is 14.2 Å². The van der Waals surface area contributed by atoms with E-state index in [4.69, 9.17) is 38.0 Å². The minimum Gasteiger partial charge on any atom is -0.493 e. The average Bonchev–Trinajstić information content (AvgIpc) is 2.72. The summed E-state index contributed by atoms with van der Waals surface area (Å²) in [6.07, 6.45) is 1.46. The van der Waals surface area contributed by atoms with E-state index >= 15 is 0 Å². The van der Waals surface area contributed by atoms with Crippen LogP contribution in [0.3, 0.4) is 0 Å². The van der Waals surface area contributed by atoms with Crippen molar-refractivity contribution >= 4 is 52.5 Å². The summed E-state index contributed by atoms with van der Waals surface area (Å²) in [5.41, 5.74) is 1.62. The van der Waals surface area contributed by atoms with Gasteiger partial charge in [-0.2, -0.15) is 0 Å². The van der Waals surface area contributed by atoms with Gasteiger partial charge in [-0.3, -0.25) is 19.8 Å². The van der Waals surface area contributed by atoms with Gasteiger partial charge in [-0.1, -0.05) is 11.6 Å². The molecule has 2 amide bonds. The summed E-state index contributed by atoms with van der Waals surface area (Å²) in [5.74, 6) is -0.00834. The molecule has 1 aliphatic rings. The van der Waals surface area contributed by atoms with Gasteiger partial charge in [0.2, 0.25) is 5.75 Å². The number of benzene rings is 2. The van der Waals surface area contributed by atoms with Crippen molar-refractivity contribution in [3.63, 3.8) is 0 Å². The average molecular weight is 447 g/mol. The summed E-state index contributed by atoms with van der Waals surface area (Å²) in [7, 11) is 4.46. The van der Waals surface area contributed by atoms with Crippen molar-refractivity contribution in [3.8, 4) is 17.2 Å². The van der Waals surface area contributed by atoms with Gasteiger partial charge in [-0.25, -0.2) is 0 Å². The minimum atomic E-state index is -0.605. The van der Waals surface area contributed by atoms with Crippen LogP contribution in [0, 0.1) is 6.92 Å². The fourth-order valence-electron chi connectivity index (χ4n) is 3.11. The lowest BCUT2D eigenvalue weighted by atomic mass is 10.0. The van der Waals surface area contributed by atoms with Gasteiger partial charge in [0, 0.05) is 10.6 Å². The number of aryl methyl sites for hydroxylation is 1. The first-order valence-electron chi connectivity index (χ1n) is 8.79. The topological polar surface area (TPSA) is 77.1 Å². The number of hydrogen-bond donors (Lipinski definition) is 1. The maximum Gasteiger partial charge on any atom is 0.270 e. The SMILES string of the molecule is COc1cc(C)c(C=C2C(=O)NC(=S)N(c3ccc(Cl)cc3)C2=O)c(OC)c1OC. The van der Waals surface area contributed by atoms with Crippen LogP contribution in [0.2, 0.25) is 5.02 Å². The van der Waals surface area contributed by atoms with Crippen LogP contribution in [-0.2, 0) is 9.59 Å². The highest BCUT2D eigenvalue weighted by atomic mass is 35.5. The molecule has 2 aromatic carbocycles. The molecular formula is C21H19ClN2O5S. The lowest BCUT2D eigenvalue weighted by Gasteiger charge is -2.29. The van der Waals surface area contributed by atoms with Crippen molar-refractivity contribution in [1.29, 1.82) is 0 Å². The zero-order chi connectivity index (χ0) is 22.0. The highest BCUT2D eigenvalue weighted by Crippen LogP contribution is 2.43. The first-order chi connectivity index (χ1) is 14.3. The van der Waals surface area contributed by atoms with Crippen LogP contribution in [0.1, 0.15) is 11.1 Å². The van der Waals surface area contributed by atoms with Gasteiger partial charge in [0.05, 0.1) is 27.0 Å². The van der Waals surface area contributed by atoms with E-state index in [0.29, 0.717) is 33.5 Å². The largest absolute Gasteiger partial charge is 0.493 e. The Bertz CT molecular complexity index is 1070. The number of halogens is 1. The van der Waals surface area contributed by atoms with E-state index in [9.17, 15) is 9.59 Å². The molecule has 0 radical (unpaired) electrons. The molecule has 0 aliphatic carbocycles. The molecule has 1 N–H and O–H groups in total. The normalized spacial score (nSPS) is 15.3. The van der Waals surface area contributed by atoms with E-state index in [1.807, 2.05) is 6.92 Å². The number of anilines is 1. The zero-order valence-corrected chi connectivity index (χ0v) is 18.3. The number of thiocarbonyl (C=S) groups is 1. The predicted octanol–water partition coefficient (Wildman–Crippen LogP) is 3.51. The fraction of sp³-hybridized carbons (Fsp3) is 0.190. The highest BCUT2D eigenvalue weighted by Gasteiger charge is 2.35. The van der Waals surface area contributed by atoms with Gasteiger partial charge in [-0.15, -0.1) is 0 Å². The van der Waals surface area contributed by atoms with Crippen LogP contribution in [-0.4, -0.2) is 38.3 Å². The summed E-state index contributed by atoms with van der Waals surface area (Å²) in [5, 5.41) is 3.05. The van der Waals surface area contributed by atoms with Crippen molar-refractivity contribution < 1.29 is 23.8 Å². The smallest absolute Gasteiger partial charge is 0.270 e. The Morgan fingerprint density at radius 3 is 2.23 bits per heavy atom. The molecule has 9 heteroatoms. The molecule has 0 unspecified atom stereocenters. The lowest BCUT2D eigenvalue weighted by molar-refractivity contribution is -0.122. The summed E-state index contributed by atoms with van der Waals surface area (Å²) < 4.78 is 16.2. The molecule has 2 aromatic rings. The number of rotatable bonds is 5. The van der Waals surface area contributed by atoms with E-state index in [1.54, 1.807) is 30.3 Å². The molecule has 0 bridgehead atoms. The maximum atomic E-state index is 13.2. The summed E-state index contributed by atoms with van der Waals surface area (Å²) in [4.78, 5) is 27.0. The third kappa shape index (κ3) is 3.83. The molecule has 0 aromatic heterocycles. The Labute approximate surface area is 184 Å². The quantitative estimate of drug-likeness (QED) is 0.430. The van der Waals surface area contributed by atoms with Crippen LogP contribution in [0.15, 0.2) is 35.9 Å². The third-order valence-electron chi connectivity index (χ3n) is 4.55. The van der Waals surface area contributed by atoms with Crippen LogP contribution in [0.25, 0.3) is 6.08 Å². The van der Waals surface area contributed by atoms with E-state index in [1.165, 1.54) is 32.3 Å². The second kappa shape index (κ2) is 8.73. The second-order valence-electron chi connectivity index (χ2n) is 6.31. The molecule has 156 valence electrons. The molecule has 0 atom stereocenters. The van der Waals surface area contributed by atoms with E-state index < -0.39 is 11.8 Å². The van der Waals surface area contributed by atoms with Crippen molar-refractivity contribution in [3.05, 3.63) is 52.1 Å². The minimum absolute atomic E-state index is 0.0135. The Hall–Kier alpha value is -3.10. The van der Waals surface area contributed by atoms with Crippen molar-refractivity contribution in [2.24, 2.45) is 0 Å². The maximum absolute atomic E-state index is 13.2. The lowest BCUT2D eigenvalue weighted by Crippen LogP contribution is -2.54. The molecule has 0 spiro atoms. The van der Waals surface area contributed by atoms with Gasteiger partial charge in [0.25, 0.3) is 11.8 Å².